The summed E-state index contributed by atoms with van der Waals surface area (Å²) in [6.45, 7) is 7.47. The summed E-state index contributed by atoms with van der Waals surface area (Å²) in [7, 11) is 0. The Labute approximate surface area is 92.4 Å². The predicted octanol–water partition coefficient (Wildman–Crippen LogP) is 1.47. The molecule has 0 radical (unpaired) electrons. The van der Waals surface area contributed by atoms with Gasteiger partial charge in [0.15, 0.2) is 0 Å². The molecule has 0 spiro atoms. The Balaban J connectivity index is 0.000000583. The van der Waals surface area contributed by atoms with Crippen molar-refractivity contribution in [2.45, 2.75) is 52.2 Å². The second-order valence-electron chi connectivity index (χ2n) is 4.62. The van der Waals surface area contributed by atoms with Crippen molar-refractivity contribution in [1.82, 2.24) is 0 Å². The quantitative estimate of drug-likeness (QED) is 0.582. The van der Waals surface area contributed by atoms with Crippen LogP contribution in [0, 0.1) is 5.92 Å². The third-order valence-electron chi connectivity index (χ3n) is 2.62. The van der Waals surface area contributed by atoms with Gasteiger partial charge in [-0.15, -0.1) is 0 Å². The first-order valence-corrected chi connectivity index (χ1v) is 5.51. The Bertz CT molecular complexity index is 203. The third kappa shape index (κ3) is 5.30. The topological polar surface area (TPSA) is 60.7 Å². The maximum Gasteiger partial charge on any atom is 0.0778 e. The minimum absolute atomic E-state index is 0.0128. The normalized spacial score (nSPS) is 26.5. The number of rotatable bonds is 1. The van der Waals surface area contributed by atoms with E-state index in [0.29, 0.717) is 0 Å². The molecular weight excluding hydrogens is 192 g/mol. The summed E-state index contributed by atoms with van der Waals surface area (Å²) in [5.74, 6) is -0.0128. The second-order valence-corrected chi connectivity index (χ2v) is 4.62. The highest BCUT2D eigenvalue weighted by Gasteiger charge is 2.33. The second kappa shape index (κ2) is 6.26. The predicted molar refractivity (Wildman–Crippen MR) is 61.5 cm³/mol. The zero-order chi connectivity index (χ0) is 12.1. The SMILES string of the molecule is CC1=CC(O)C(C(C)(C)O)CC1.CCO. The molecule has 2 unspecified atom stereocenters. The van der Waals surface area contributed by atoms with Gasteiger partial charge in [-0.3, -0.25) is 0 Å². The van der Waals surface area contributed by atoms with Crippen molar-refractivity contribution >= 4 is 0 Å². The molecule has 3 heteroatoms. The molecule has 0 saturated carbocycles. The first kappa shape index (κ1) is 14.6. The highest BCUT2D eigenvalue weighted by atomic mass is 16.3. The molecule has 0 aromatic carbocycles. The Morgan fingerprint density at radius 3 is 2.27 bits per heavy atom. The lowest BCUT2D eigenvalue weighted by atomic mass is 9.78. The van der Waals surface area contributed by atoms with Crippen LogP contribution < -0.4 is 0 Å². The van der Waals surface area contributed by atoms with E-state index >= 15 is 0 Å². The van der Waals surface area contributed by atoms with Crippen molar-refractivity contribution in [3.05, 3.63) is 11.6 Å². The van der Waals surface area contributed by atoms with Gasteiger partial charge < -0.3 is 15.3 Å². The highest BCUT2D eigenvalue weighted by molar-refractivity contribution is 5.10. The summed E-state index contributed by atoms with van der Waals surface area (Å²) >= 11 is 0. The molecule has 0 aromatic rings. The van der Waals surface area contributed by atoms with Crippen LogP contribution in [0.3, 0.4) is 0 Å². The average Bonchev–Trinajstić information content (AvgIpc) is 2.02. The first-order chi connectivity index (χ1) is 6.82. The molecule has 15 heavy (non-hydrogen) atoms. The lowest BCUT2D eigenvalue weighted by molar-refractivity contribution is -0.0378. The molecule has 3 nitrogen and oxygen atoms in total. The zero-order valence-corrected chi connectivity index (χ0v) is 10.2. The van der Waals surface area contributed by atoms with E-state index < -0.39 is 11.7 Å². The monoisotopic (exact) mass is 216 g/mol. The number of aliphatic hydroxyl groups excluding tert-OH is 2. The van der Waals surface area contributed by atoms with E-state index in [2.05, 4.69) is 0 Å². The van der Waals surface area contributed by atoms with Gasteiger partial charge in [-0.1, -0.05) is 11.6 Å². The van der Waals surface area contributed by atoms with Crippen LogP contribution in [0.2, 0.25) is 0 Å². The molecule has 0 amide bonds. The van der Waals surface area contributed by atoms with E-state index in [4.69, 9.17) is 5.11 Å². The van der Waals surface area contributed by atoms with Crippen LogP contribution in [0.15, 0.2) is 11.6 Å². The van der Waals surface area contributed by atoms with Gasteiger partial charge in [0.25, 0.3) is 0 Å². The van der Waals surface area contributed by atoms with Gasteiger partial charge in [-0.2, -0.15) is 0 Å². The van der Waals surface area contributed by atoms with Gasteiger partial charge in [-0.05, 0) is 40.5 Å². The standard InChI is InChI=1S/C10H18O2.C2H6O/c1-7-4-5-8(9(11)6-7)10(2,3)12;1-2-3/h6,8-9,11-12H,4-5H2,1-3H3;3H,2H2,1H3. The van der Waals surface area contributed by atoms with Crippen molar-refractivity contribution in [2.75, 3.05) is 6.61 Å². The van der Waals surface area contributed by atoms with Gasteiger partial charge in [0, 0.05) is 12.5 Å². The highest BCUT2D eigenvalue weighted by Crippen LogP contribution is 2.31. The van der Waals surface area contributed by atoms with Crippen molar-refractivity contribution < 1.29 is 15.3 Å². The average molecular weight is 216 g/mol. The summed E-state index contributed by atoms with van der Waals surface area (Å²) in [4.78, 5) is 0. The van der Waals surface area contributed by atoms with Gasteiger partial charge in [0.2, 0.25) is 0 Å². The summed E-state index contributed by atoms with van der Waals surface area (Å²) in [6, 6.07) is 0. The van der Waals surface area contributed by atoms with Gasteiger partial charge >= 0.3 is 0 Å². The minimum atomic E-state index is -0.767. The molecule has 0 fully saturated rings. The van der Waals surface area contributed by atoms with Crippen LogP contribution in [0.4, 0.5) is 0 Å². The van der Waals surface area contributed by atoms with Crippen LogP contribution in [-0.2, 0) is 0 Å². The third-order valence-corrected chi connectivity index (χ3v) is 2.62. The van der Waals surface area contributed by atoms with Gasteiger partial charge in [0.1, 0.15) is 0 Å². The molecule has 0 aliphatic heterocycles. The number of hydrogen-bond acceptors (Lipinski definition) is 3. The minimum Gasteiger partial charge on any atom is -0.397 e. The molecule has 1 aliphatic rings. The van der Waals surface area contributed by atoms with Crippen LogP contribution in [-0.4, -0.2) is 33.6 Å². The van der Waals surface area contributed by atoms with Crippen molar-refractivity contribution in [3.63, 3.8) is 0 Å². The number of hydrogen-bond donors (Lipinski definition) is 3. The van der Waals surface area contributed by atoms with Crippen molar-refractivity contribution in [2.24, 2.45) is 5.92 Å². The fourth-order valence-electron chi connectivity index (χ4n) is 1.82. The maximum absolute atomic E-state index is 9.71. The molecule has 0 saturated heterocycles. The summed E-state index contributed by atoms with van der Waals surface area (Å²) in [6.07, 6.45) is 3.25. The molecular formula is C12H24O3. The molecule has 90 valence electrons. The van der Waals surface area contributed by atoms with E-state index in [-0.39, 0.29) is 12.5 Å². The molecule has 0 heterocycles. The van der Waals surface area contributed by atoms with Crippen molar-refractivity contribution in [1.29, 1.82) is 0 Å². The Kier molecular flexibility index (Phi) is 6.10. The van der Waals surface area contributed by atoms with Crippen molar-refractivity contribution in [3.8, 4) is 0 Å². The molecule has 2 atom stereocenters. The fraction of sp³-hybridized carbons (Fsp3) is 0.833. The molecule has 0 bridgehead atoms. The fourth-order valence-corrected chi connectivity index (χ4v) is 1.82. The number of aliphatic hydroxyl groups is 3. The largest absolute Gasteiger partial charge is 0.397 e. The first-order valence-electron chi connectivity index (χ1n) is 5.51. The smallest absolute Gasteiger partial charge is 0.0778 e. The maximum atomic E-state index is 9.71. The van der Waals surface area contributed by atoms with E-state index in [1.54, 1.807) is 20.8 Å². The van der Waals surface area contributed by atoms with Crippen LogP contribution in [0.25, 0.3) is 0 Å². The summed E-state index contributed by atoms with van der Waals surface area (Å²) in [5.41, 5.74) is 0.458. The number of allylic oxidation sites excluding steroid dienone is 1. The summed E-state index contributed by atoms with van der Waals surface area (Å²) < 4.78 is 0. The molecule has 1 aliphatic carbocycles. The van der Waals surface area contributed by atoms with E-state index in [0.717, 1.165) is 12.8 Å². The molecule has 0 aromatic heterocycles. The zero-order valence-electron chi connectivity index (χ0n) is 10.2. The molecule has 3 N–H and O–H groups in total. The Morgan fingerprint density at radius 1 is 1.47 bits per heavy atom. The van der Waals surface area contributed by atoms with E-state index in [1.165, 1.54) is 5.57 Å². The van der Waals surface area contributed by atoms with Gasteiger partial charge in [-0.25, -0.2) is 0 Å². The van der Waals surface area contributed by atoms with E-state index in [9.17, 15) is 10.2 Å². The lowest BCUT2D eigenvalue weighted by Gasteiger charge is -2.35. The molecule has 1 rings (SSSR count). The Hall–Kier alpha value is -0.380. The van der Waals surface area contributed by atoms with E-state index in [1.807, 2.05) is 13.0 Å². The Morgan fingerprint density at radius 2 is 1.93 bits per heavy atom. The van der Waals surface area contributed by atoms with Gasteiger partial charge in [0.05, 0.1) is 11.7 Å². The van der Waals surface area contributed by atoms with Crippen LogP contribution in [0.5, 0.6) is 0 Å². The van der Waals surface area contributed by atoms with Crippen LogP contribution in [0.1, 0.15) is 40.5 Å². The summed E-state index contributed by atoms with van der Waals surface area (Å²) in [5, 5.41) is 26.9. The lowest BCUT2D eigenvalue weighted by Crippen LogP contribution is -2.40. The van der Waals surface area contributed by atoms with Crippen LogP contribution >= 0.6 is 0 Å².